The lowest BCUT2D eigenvalue weighted by atomic mass is 10.1. The van der Waals surface area contributed by atoms with E-state index in [1.54, 1.807) is 29.2 Å². The summed E-state index contributed by atoms with van der Waals surface area (Å²) >= 11 is 0. The second kappa shape index (κ2) is 8.34. The molecule has 0 bridgehead atoms. The number of hydrogen-bond donors (Lipinski definition) is 0. The molecule has 1 heterocycles. The van der Waals surface area contributed by atoms with Crippen LogP contribution >= 0.6 is 0 Å². The molecule has 0 radical (unpaired) electrons. The summed E-state index contributed by atoms with van der Waals surface area (Å²) in [6, 6.07) is 7.06. The van der Waals surface area contributed by atoms with Gasteiger partial charge in [-0.15, -0.1) is 0 Å². The summed E-state index contributed by atoms with van der Waals surface area (Å²) in [6.07, 6.45) is 0. The Labute approximate surface area is 146 Å². The van der Waals surface area contributed by atoms with Crippen molar-refractivity contribution in [2.45, 2.75) is 6.92 Å². The van der Waals surface area contributed by atoms with Gasteiger partial charge in [0, 0.05) is 5.69 Å². The third-order valence-electron chi connectivity index (χ3n) is 3.47. The second-order valence-electron chi connectivity index (χ2n) is 5.46. The van der Waals surface area contributed by atoms with Gasteiger partial charge in [-0.25, -0.2) is 9.59 Å². The van der Waals surface area contributed by atoms with Crippen LogP contribution in [-0.2, 0) is 23.8 Å². The van der Waals surface area contributed by atoms with Gasteiger partial charge in [0.1, 0.15) is 24.8 Å². The largest absolute Gasteiger partial charge is 0.489 e. The lowest BCUT2D eigenvalue weighted by Gasteiger charge is -2.31. The Morgan fingerprint density at radius 1 is 1.16 bits per heavy atom. The number of carbonyl (C=O) groups is 2. The maximum absolute atomic E-state index is 12.2. The number of nitrogens with zero attached hydrogens (tertiary/aromatic N) is 1. The van der Waals surface area contributed by atoms with Gasteiger partial charge in [-0.2, -0.15) is 0 Å². The normalized spacial score (nSPS) is 14.1. The lowest BCUT2D eigenvalue weighted by Crippen LogP contribution is -2.38. The fourth-order valence-corrected chi connectivity index (χ4v) is 2.28. The van der Waals surface area contributed by atoms with E-state index in [1.807, 2.05) is 6.92 Å². The first kappa shape index (κ1) is 18.5. The highest BCUT2D eigenvalue weighted by molar-refractivity contribution is 6.03. The maximum Gasteiger partial charge on any atom is 0.355 e. The topological polar surface area (TPSA) is 74.3 Å². The third kappa shape index (κ3) is 4.39. The Hall–Kier alpha value is -2.80. The standard InChI is InChI=1S/C18H21NO6/c1-12(2)9-25-14-7-5-13(6-8-14)19-11-24-10-15(17(20)22-3)16(19)18(21)23-4/h5-8H,1,9-11H2,2-4H3. The minimum atomic E-state index is -0.633. The van der Waals surface area contributed by atoms with Gasteiger partial charge in [-0.05, 0) is 36.8 Å². The van der Waals surface area contributed by atoms with Crippen LogP contribution in [0.4, 0.5) is 5.69 Å². The molecule has 0 saturated heterocycles. The number of methoxy groups -OCH3 is 2. The zero-order chi connectivity index (χ0) is 18.4. The van der Waals surface area contributed by atoms with Crippen molar-refractivity contribution in [3.8, 4) is 5.75 Å². The molecule has 1 aromatic rings. The van der Waals surface area contributed by atoms with Crippen LogP contribution in [0.3, 0.4) is 0 Å². The molecular formula is C18H21NO6. The van der Waals surface area contributed by atoms with Gasteiger partial charge < -0.3 is 23.8 Å². The van der Waals surface area contributed by atoms with Crippen molar-refractivity contribution >= 4 is 17.6 Å². The van der Waals surface area contributed by atoms with Crippen LogP contribution in [0.2, 0.25) is 0 Å². The molecule has 0 N–H and O–H groups in total. The van der Waals surface area contributed by atoms with Gasteiger partial charge in [0.2, 0.25) is 0 Å². The second-order valence-corrected chi connectivity index (χ2v) is 5.46. The van der Waals surface area contributed by atoms with Crippen molar-refractivity contribution in [3.05, 3.63) is 47.7 Å². The highest BCUT2D eigenvalue weighted by Crippen LogP contribution is 2.28. The molecule has 0 fully saturated rings. The fourth-order valence-electron chi connectivity index (χ4n) is 2.28. The van der Waals surface area contributed by atoms with E-state index in [1.165, 1.54) is 14.2 Å². The molecule has 0 unspecified atom stereocenters. The monoisotopic (exact) mass is 347 g/mol. The Kier molecular flexibility index (Phi) is 6.19. The molecule has 0 aliphatic carbocycles. The molecule has 134 valence electrons. The Balaban J connectivity index is 2.33. The third-order valence-corrected chi connectivity index (χ3v) is 3.47. The molecule has 2 rings (SSSR count). The van der Waals surface area contributed by atoms with E-state index in [2.05, 4.69) is 6.58 Å². The molecule has 1 aliphatic heterocycles. The number of ether oxygens (including phenoxy) is 4. The fraction of sp³-hybridized carbons (Fsp3) is 0.333. The van der Waals surface area contributed by atoms with Crippen molar-refractivity contribution in [2.24, 2.45) is 0 Å². The van der Waals surface area contributed by atoms with E-state index < -0.39 is 11.9 Å². The number of carbonyl (C=O) groups excluding carboxylic acids is 2. The summed E-state index contributed by atoms with van der Waals surface area (Å²) in [5, 5.41) is 0. The van der Waals surface area contributed by atoms with Crippen molar-refractivity contribution < 1.29 is 28.5 Å². The molecule has 7 nitrogen and oxygen atoms in total. The first-order valence-corrected chi connectivity index (χ1v) is 7.60. The van der Waals surface area contributed by atoms with Crippen LogP contribution in [0, 0.1) is 0 Å². The summed E-state index contributed by atoms with van der Waals surface area (Å²) < 4.78 is 20.5. The molecule has 0 atom stereocenters. The smallest absolute Gasteiger partial charge is 0.355 e. The number of benzene rings is 1. The van der Waals surface area contributed by atoms with Crippen molar-refractivity contribution in [3.63, 3.8) is 0 Å². The number of rotatable bonds is 6. The van der Waals surface area contributed by atoms with Gasteiger partial charge in [0.05, 0.1) is 26.4 Å². The first-order valence-electron chi connectivity index (χ1n) is 7.60. The predicted octanol–water partition coefficient (Wildman–Crippen LogP) is 2.04. The van der Waals surface area contributed by atoms with E-state index >= 15 is 0 Å². The highest BCUT2D eigenvalue weighted by Gasteiger charge is 2.32. The van der Waals surface area contributed by atoms with E-state index in [0.29, 0.717) is 18.0 Å². The summed E-state index contributed by atoms with van der Waals surface area (Å²) in [4.78, 5) is 25.7. The Morgan fingerprint density at radius 2 is 1.80 bits per heavy atom. The lowest BCUT2D eigenvalue weighted by molar-refractivity contribution is -0.140. The number of hydrogen-bond acceptors (Lipinski definition) is 7. The molecule has 7 heteroatoms. The van der Waals surface area contributed by atoms with Gasteiger partial charge >= 0.3 is 11.9 Å². The summed E-state index contributed by atoms with van der Waals surface area (Å²) in [6.45, 7) is 6.17. The minimum absolute atomic E-state index is 0.0204. The molecule has 0 amide bonds. The first-order chi connectivity index (χ1) is 12.0. The molecule has 1 aromatic carbocycles. The van der Waals surface area contributed by atoms with E-state index in [0.717, 1.165) is 5.57 Å². The average molecular weight is 347 g/mol. The summed E-state index contributed by atoms with van der Waals surface area (Å²) in [5.41, 5.74) is 1.79. The van der Waals surface area contributed by atoms with Crippen LogP contribution in [0.25, 0.3) is 0 Å². The van der Waals surface area contributed by atoms with Gasteiger partial charge in [-0.3, -0.25) is 0 Å². The van der Waals surface area contributed by atoms with E-state index in [-0.39, 0.29) is 24.6 Å². The number of esters is 2. The molecule has 1 aliphatic rings. The van der Waals surface area contributed by atoms with Crippen LogP contribution in [0.5, 0.6) is 5.75 Å². The van der Waals surface area contributed by atoms with Crippen LogP contribution in [-0.4, -0.2) is 46.1 Å². The Morgan fingerprint density at radius 3 is 2.36 bits per heavy atom. The summed E-state index contributed by atoms with van der Waals surface area (Å²) in [7, 11) is 2.50. The summed E-state index contributed by atoms with van der Waals surface area (Å²) in [5.74, 6) is -0.598. The van der Waals surface area contributed by atoms with Gasteiger partial charge in [-0.1, -0.05) is 6.58 Å². The molecule has 0 aromatic heterocycles. The van der Waals surface area contributed by atoms with Crippen LogP contribution in [0.1, 0.15) is 6.92 Å². The maximum atomic E-state index is 12.2. The highest BCUT2D eigenvalue weighted by atomic mass is 16.5. The molecule has 25 heavy (non-hydrogen) atoms. The molecule has 0 spiro atoms. The predicted molar refractivity (Wildman–Crippen MR) is 91.1 cm³/mol. The SMILES string of the molecule is C=C(C)COc1ccc(N2COCC(C(=O)OC)=C2C(=O)OC)cc1. The zero-order valence-electron chi connectivity index (χ0n) is 14.5. The Bertz CT molecular complexity index is 692. The van der Waals surface area contributed by atoms with Crippen molar-refractivity contribution in [1.82, 2.24) is 0 Å². The zero-order valence-corrected chi connectivity index (χ0v) is 14.5. The minimum Gasteiger partial charge on any atom is -0.489 e. The van der Waals surface area contributed by atoms with Crippen LogP contribution < -0.4 is 9.64 Å². The molecular weight excluding hydrogens is 326 g/mol. The van der Waals surface area contributed by atoms with Crippen molar-refractivity contribution in [2.75, 3.05) is 39.1 Å². The van der Waals surface area contributed by atoms with Gasteiger partial charge in [0.15, 0.2) is 0 Å². The van der Waals surface area contributed by atoms with Gasteiger partial charge in [0.25, 0.3) is 0 Å². The average Bonchev–Trinajstić information content (AvgIpc) is 2.64. The van der Waals surface area contributed by atoms with E-state index in [9.17, 15) is 9.59 Å². The van der Waals surface area contributed by atoms with Crippen LogP contribution in [0.15, 0.2) is 47.7 Å². The van der Waals surface area contributed by atoms with E-state index in [4.69, 9.17) is 18.9 Å². The molecule has 0 saturated carbocycles. The van der Waals surface area contributed by atoms with Crippen molar-refractivity contribution in [1.29, 1.82) is 0 Å². The number of anilines is 1. The quantitative estimate of drug-likeness (QED) is 0.576.